The van der Waals surface area contributed by atoms with Crippen LogP contribution in [0.5, 0.6) is 0 Å². The predicted octanol–water partition coefficient (Wildman–Crippen LogP) is 2.41. The van der Waals surface area contributed by atoms with E-state index < -0.39 is 10.0 Å². The quantitative estimate of drug-likeness (QED) is 0.366. The largest absolute Gasteiger partial charge is 0.356 e. The van der Waals surface area contributed by atoms with Crippen LogP contribution in [0.3, 0.4) is 0 Å². The minimum absolute atomic E-state index is 0. The Bertz CT molecular complexity index is 615. The molecule has 0 aliphatic rings. The van der Waals surface area contributed by atoms with Crippen LogP contribution in [0, 0.1) is 0 Å². The van der Waals surface area contributed by atoms with Gasteiger partial charge in [0.15, 0.2) is 5.96 Å². The van der Waals surface area contributed by atoms with Crippen LogP contribution in [0.25, 0.3) is 0 Å². The Labute approximate surface area is 163 Å². The van der Waals surface area contributed by atoms with Gasteiger partial charge >= 0.3 is 0 Å². The van der Waals surface area contributed by atoms with Crippen molar-refractivity contribution in [2.75, 3.05) is 20.6 Å². The summed E-state index contributed by atoms with van der Waals surface area (Å²) in [5.41, 5.74) is 0.996. The van der Waals surface area contributed by atoms with Crippen molar-refractivity contribution in [3.8, 4) is 0 Å². The second-order valence-corrected chi connectivity index (χ2v) is 7.61. The molecule has 1 aromatic rings. The molecule has 0 saturated heterocycles. The average Bonchev–Trinajstić information content (AvgIpc) is 2.54. The Morgan fingerprint density at radius 3 is 2.25 bits per heavy atom. The fraction of sp³-hybridized carbons (Fsp3) is 0.562. The van der Waals surface area contributed by atoms with Gasteiger partial charge in [-0.3, -0.25) is 4.99 Å². The Kier molecular flexibility index (Phi) is 10.5. The highest BCUT2D eigenvalue weighted by Crippen LogP contribution is 2.17. The van der Waals surface area contributed by atoms with Gasteiger partial charge in [0, 0.05) is 33.2 Å². The Morgan fingerprint density at radius 1 is 1.21 bits per heavy atom. The molecule has 1 aromatic carbocycles. The molecule has 6 nitrogen and oxygen atoms in total. The smallest absolute Gasteiger partial charge is 0.243 e. The lowest BCUT2D eigenvalue weighted by Gasteiger charge is -2.21. The van der Waals surface area contributed by atoms with E-state index in [1.807, 2.05) is 26.0 Å². The van der Waals surface area contributed by atoms with Gasteiger partial charge < -0.3 is 10.6 Å². The number of halogens is 1. The number of sulfonamides is 1. The van der Waals surface area contributed by atoms with Crippen LogP contribution < -0.4 is 10.6 Å². The topological polar surface area (TPSA) is 73.8 Å². The summed E-state index contributed by atoms with van der Waals surface area (Å²) in [5, 5.41) is 6.39. The van der Waals surface area contributed by atoms with Crippen molar-refractivity contribution in [2.24, 2.45) is 4.99 Å². The minimum atomic E-state index is -3.43. The molecule has 24 heavy (non-hydrogen) atoms. The van der Waals surface area contributed by atoms with E-state index in [2.05, 4.69) is 22.5 Å². The fourth-order valence-corrected chi connectivity index (χ4v) is 3.24. The molecule has 0 aliphatic carbocycles. The van der Waals surface area contributed by atoms with Crippen molar-refractivity contribution in [2.45, 2.75) is 44.7 Å². The molecule has 1 rings (SSSR count). The molecule has 0 saturated carbocycles. The summed E-state index contributed by atoms with van der Waals surface area (Å²) in [5.74, 6) is 0.739. The van der Waals surface area contributed by atoms with Crippen LogP contribution in [-0.4, -0.2) is 45.4 Å². The number of hydrogen-bond acceptors (Lipinski definition) is 3. The highest BCUT2D eigenvalue weighted by atomic mass is 127. The molecule has 0 aliphatic heterocycles. The molecular formula is C16H29IN4O2S. The Hall–Kier alpha value is -0.870. The first-order chi connectivity index (χ1) is 10.8. The maximum Gasteiger partial charge on any atom is 0.243 e. The van der Waals surface area contributed by atoms with Gasteiger partial charge in [-0.2, -0.15) is 4.31 Å². The highest BCUT2D eigenvalue weighted by Gasteiger charge is 2.22. The number of nitrogens with zero attached hydrogens (tertiary/aromatic N) is 2. The van der Waals surface area contributed by atoms with Crippen molar-refractivity contribution in [3.63, 3.8) is 0 Å². The zero-order valence-corrected chi connectivity index (χ0v) is 18.2. The summed E-state index contributed by atoms with van der Waals surface area (Å²) in [7, 11) is -0.105. The van der Waals surface area contributed by atoms with Crippen molar-refractivity contribution < 1.29 is 8.42 Å². The summed E-state index contributed by atoms with van der Waals surface area (Å²) >= 11 is 0. The second-order valence-electron chi connectivity index (χ2n) is 5.61. The molecule has 0 spiro atoms. The molecule has 0 fully saturated rings. The van der Waals surface area contributed by atoms with Gasteiger partial charge in [0.25, 0.3) is 0 Å². The standard InChI is InChI=1S/C16H28N4O2S.HI/c1-6-11-18-16(17-4)19-12-14-7-9-15(10-8-14)23(21,22)20(5)13(2)3;/h7-10,13H,6,11-12H2,1-5H3,(H2,17,18,19);1H. The third-order valence-corrected chi connectivity index (χ3v) is 5.60. The molecule has 0 amide bonds. The lowest BCUT2D eigenvalue weighted by atomic mass is 10.2. The molecule has 0 radical (unpaired) electrons. The number of rotatable bonds is 7. The summed E-state index contributed by atoms with van der Waals surface area (Å²) in [6, 6.07) is 6.86. The van der Waals surface area contributed by atoms with E-state index in [0.29, 0.717) is 11.4 Å². The Morgan fingerprint density at radius 2 is 1.79 bits per heavy atom. The van der Waals surface area contributed by atoms with Crippen LogP contribution >= 0.6 is 24.0 Å². The van der Waals surface area contributed by atoms with Gasteiger partial charge in [0.1, 0.15) is 0 Å². The van der Waals surface area contributed by atoms with Gasteiger partial charge in [-0.05, 0) is 38.0 Å². The number of aliphatic imine (C=N–C) groups is 1. The molecule has 0 unspecified atom stereocenters. The van der Waals surface area contributed by atoms with E-state index in [0.717, 1.165) is 24.5 Å². The first kappa shape index (κ1) is 23.1. The van der Waals surface area contributed by atoms with Crippen molar-refractivity contribution in [3.05, 3.63) is 29.8 Å². The molecule has 0 bridgehead atoms. The molecule has 8 heteroatoms. The normalized spacial score (nSPS) is 12.2. The van der Waals surface area contributed by atoms with Gasteiger partial charge in [-0.1, -0.05) is 19.1 Å². The number of guanidine groups is 1. The highest BCUT2D eigenvalue weighted by molar-refractivity contribution is 14.0. The summed E-state index contributed by atoms with van der Waals surface area (Å²) in [6.45, 7) is 7.24. The van der Waals surface area contributed by atoms with E-state index in [-0.39, 0.29) is 30.0 Å². The average molecular weight is 468 g/mol. The maximum atomic E-state index is 12.4. The monoisotopic (exact) mass is 468 g/mol. The van der Waals surface area contributed by atoms with Gasteiger partial charge in [-0.15, -0.1) is 24.0 Å². The van der Waals surface area contributed by atoms with Crippen molar-refractivity contribution in [1.29, 1.82) is 0 Å². The molecular weight excluding hydrogens is 439 g/mol. The van der Waals surface area contributed by atoms with Crippen molar-refractivity contribution in [1.82, 2.24) is 14.9 Å². The lowest BCUT2D eigenvalue weighted by molar-refractivity contribution is 0.410. The lowest BCUT2D eigenvalue weighted by Crippen LogP contribution is -2.37. The van der Waals surface area contributed by atoms with E-state index in [4.69, 9.17) is 0 Å². The van der Waals surface area contributed by atoms with Gasteiger partial charge in [-0.25, -0.2) is 8.42 Å². The SMILES string of the molecule is CCCNC(=NC)NCc1ccc(S(=O)(=O)N(C)C(C)C)cc1.I. The van der Waals surface area contributed by atoms with Crippen LogP contribution in [0.2, 0.25) is 0 Å². The summed E-state index contributed by atoms with van der Waals surface area (Å²) in [4.78, 5) is 4.44. The third-order valence-electron chi connectivity index (χ3n) is 3.55. The summed E-state index contributed by atoms with van der Waals surface area (Å²) in [6.07, 6.45) is 1.02. The van der Waals surface area contributed by atoms with Crippen LogP contribution in [0.1, 0.15) is 32.8 Å². The predicted molar refractivity (Wildman–Crippen MR) is 110 cm³/mol. The van der Waals surface area contributed by atoms with Crippen LogP contribution in [0.4, 0.5) is 0 Å². The summed E-state index contributed by atoms with van der Waals surface area (Å²) < 4.78 is 26.2. The van der Waals surface area contributed by atoms with Crippen molar-refractivity contribution >= 4 is 40.0 Å². The number of hydrogen-bond donors (Lipinski definition) is 2. The van der Waals surface area contributed by atoms with E-state index >= 15 is 0 Å². The second kappa shape index (κ2) is 10.9. The maximum absolute atomic E-state index is 12.4. The van der Waals surface area contributed by atoms with Crippen LogP contribution in [0.15, 0.2) is 34.2 Å². The third kappa shape index (κ3) is 6.56. The first-order valence-corrected chi connectivity index (χ1v) is 9.28. The van der Waals surface area contributed by atoms with Gasteiger partial charge in [0.05, 0.1) is 4.90 Å². The van der Waals surface area contributed by atoms with Crippen LogP contribution in [-0.2, 0) is 16.6 Å². The molecule has 2 N–H and O–H groups in total. The van der Waals surface area contributed by atoms with E-state index in [9.17, 15) is 8.42 Å². The van der Waals surface area contributed by atoms with Gasteiger partial charge in [0.2, 0.25) is 10.0 Å². The molecule has 0 heterocycles. The van der Waals surface area contributed by atoms with E-state index in [1.54, 1.807) is 26.2 Å². The molecule has 138 valence electrons. The zero-order valence-electron chi connectivity index (χ0n) is 15.0. The number of benzene rings is 1. The first-order valence-electron chi connectivity index (χ1n) is 7.84. The Balaban J connectivity index is 0.00000529. The molecule has 0 aromatic heterocycles. The number of nitrogens with one attached hydrogen (secondary N) is 2. The fourth-order valence-electron chi connectivity index (χ4n) is 1.87. The minimum Gasteiger partial charge on any atom is -0.356 e. The zero-order chi connectivity index (χ0) is 17.5. The van der Waals surface area contributed by atoms with E-state index in [1.165, 1.54) is 4.31 Å². The molecule has 0 atom stereocenters.